The third kappa shape index (κ3) is 6.92. The standard InChI is InChI=1S/C15H25N3O3/c1-4-21-14-10-16-9-13(18-14)17-8-7-12(11(2)3)5-6-15(19)20/h9-12H,4-8H2,1-3H3,(H,17,18)(H,19,20). The van der Waals surface area contributed by atoms with Crippen LogP contribution in [0.2, 0.25) is 0 Å². The largest absolute Gasteiger partial charge is 0.481 e. The van der Waals surface area contributed by atoms with Crippen molar-refractivity contribution < 1.29 is 14.6 Å². The molecule has 2 N–H and O–H groups in total. The second-order valence-electron chi connectivity index (χ2n) is 5.33. The van der Waals surface area contributed by atoms with Crippen LogP contribution in [-0.2, 0) is 4.79 Å². The van der Waals surface area contributed by atoms with Gasteiger partial charge in [-0.25, -0.2) is 0 Å². The van der Waals surface area contributed by atoms with Gasteiger partial charge < -0.3 is 15.2 Å². The molecule has 6 nitrogen and oxygen atoms in total. The summed E-state index contributed by atoms with van der Waals surface area (Å²) < 4.78 is 5.30. The van der Waals surface area contributed by atoms with Gasteiger partial charge in [-0.2, -0.15) is 4.98 Å². The van der Waals surface area contributed by atoms with Crippen LogP contribution in [0.15, 0.2) is 12.4 Å². The van der Waals surface area contributed by atoms with Crippen LogP contribution in [0.4, 0.5) is 5.82 Å². The molecular weight excluding hydrogens is 270 g/mol. The molecule has 1 unspecified atom stereocenters. The van der Waals surface area contributed by atoms with Crippen LogP contribution in [0, 0.1) is 11.8 Å². The summed E-state index contributed by atoms with van der Waals surface area (Å²) in [6.45, 7) is 7.46. The molecule has 0 aliphatic rings. The Kier molecular flexibility index (Phi) is 7.50. The lowest BCUT2D eigenvalue weighted by molar-refractivity contribution is -0.137. The van der Waals surface area contributed by atoms with Crippen LogP contribution < -0.4 is 10.1 Å². The number of carboxylic acids is 1. The smallest absolute Gasteiger partial charge is 0.303 e. The van der Waals surface area contributed by atoms with Crippen LogP contribution in [0.3, 0.4) is 0 Å². The van der Waals surface area contributed by atoms with Gasteiger partial charge >= 0.3 is 5.97 Å². The van der Waals surface area contributed by atoms with E-state index in [0.29, 0.717) is 36.6 Å². The van der Waals surface area contributed by atoms with E-state index >= 15 is 0 Å². The number of nitrogens with zero attached hydrogens (tertiary/aromatic N) is 2. The second-order valence-corrected chi connectivity index (χ2v) is 5.33. The third-order valence-corrected chi connectivity index (χ3v) is 3.40. The van der Waals surface area contributed by atoms with Crippen LogP contribution in [0.1, 0.15) is 40.0 Å². The summed E-state index contributed by atoms with van der Waals surface area (Å²) in [5.41, 5.74) is 0. The minimum absolute atomic E-state index is 0.225. The molecule has 0 aliphatic heterocycles. The summed E-state index contributed by atoms with van der Waals surface area (Å²) in [4.78, 5) is 19.0. The first kappa shape index (κ1) is 17.2. The number of rotatable bonds is 10. The molecule has 1 atom stereocenters. The Morgan fingerprint density at radius 3 is 2.76 bits per heavy atom. The Morgan fingerprint density at radius 1 is 1.38 bits per heavy atom. The molecule has 0 saturated heterocycles. The first-order valence-electron chi connectivity index (χ1n) is 7.43. The van der Waals surface area contributed by atoms with Gasteiger partial charge in [0.2, 0.25) is 5.88 Å². The van der Waals surface area contributed by atoms with Gasteiger partial charge in [-0.15, -0.1) is 0 Å². The van der Waals surface area contributed by atoms with E-state index in [-0.39, 0.29) is 6.42 Å². The van der Waals surface area contributed by atoms with Crippen LogP contribution in [0.25, 0.3) is 0 Å². The number of carboxylic acid groups (broad SMARTS) is 1. The first-order chi connectivity index (χ1) is 10.0. The van der Waals surface area contributed by atoms with E-state index in [1.54, 1.807) is 12.4 Å². The SMILES string of the molecule is CCOc1cncc(NCCC(CCC(=O)O)C(C)C)n1. The molecule has 0 amide bonds. The maximum atomic E-state index is 10.7. The highest BCUT2D eigenvalue weighted by Crippen LogP contribution is 2.21. The maximum absolute atomic E-state index is 10.7. The van der Waals surface area contributed by atoms with Crippen LogP contribution in [0.5, 0.6) is 5.88 Å². The molecule has 1 rings (SSSR count). The predicted octanol–water partition coefficient (Wildman–Crippen LogP) is 2.81. The zero-order valence-corrected chi connectivity index (χ0v) is 13.0. The highest BCUT2D eigenvalue weighted by atomic mass is 16.5. The Balaban J connectivity index is 2.42. The molecule has 0 aliphatic carbocycles. The Morgan fingerprint density at radius 2 is 2.14 bits per heavy atom. The van der Waals surface area contributed by atoms with E-state index in [0.717, 1.165) is 13.0 Å². The maximum Gasteiger partial charge on any atom is 0.303 e. The van der Waals surface area contributed by atoms with Crippen molar-refractivity contribution in [3.63, 3.8) is 0 Å². The minimum atomic E-state index is -0.733. The Labute approximate surface area is 126 Å². The molecule has 0 aromatic carbocycles. The molecule has 1 aromatic heterocycles. The van der Waals surface area contributed by atoms with Gasteiger partial charge in [0.1, 0.15) is 5.82 Å². The summed E-state index contributed by atoms with van der Waals surface area (Å²) in [5, 5.41) is 12.0. The number of carbonyl (C=O) groups is 1. The summed E-state index contributed by atoms with van der Waals surface area (Å²) in [6, 6.07) is 0. The molecule has 6 heteroatoms. The zero-order chi connectivity index (χ0) is 15.7. The van der Waals surface area contributed by atoms with E-state index in [4.69, 9.17) is 9.84 Å². The number of hydrogen-bond acceptors (Lipinski definition) is 5. The topological polar surface area (TPSA) is 84.3 Å². The minimum Gasteiger partial charge on any atom is -0.481 e. The summed E-state index contributed by atoms with van der Waals surface area (Å²) in [7, 11) is 0. The second kappa shape index (κ2) is 9.15. The van der Waals surface area contributed by atoms with E-state index in [2.05, 4.69) is 29.1 Å². The van der Waals surface area contributed by atoms with Crippen LogP contribution >= 0.6 is 0 Å². The zero-order valence-electron chi connectivity index (χ0n) is 13.0. The molecule has 118 valence electrons. The average molecular weight is 295 g/mol. The van der Waals surface area contributed by atoms with E-state index in [9.17, 15) is 4.79 Å². The van der Waals surface area contributed by atoms with Crippen LogP contribution in [-0.4, -0.2) is 34.2 Å². The monoisotopic (exact) mass is 295 g/mol. The van der Waals surface area contributed by atoms with Crippen molar-refractivity contribution in [1.29, 1.82) is 0 Å². The normalized spacial score (nSPS) is 12.2. The van der Waals surface area contributed by atoms with Gasteiger partial charge in [-0.05, 0) is 31.6 Å². The summed E-state index contributed by atoms with van der Waals surface area (Å²) in [5.74, 6) is 1.31. The van der Waals surface area contributed by atoms with Gasteiger partial charge in [0, 0.05) is 13.0 Å². The van der Waals surface area contributed by atoms with Gasteiger partial charge in [0.05, 0.1) is 19.0 Å². The predicted molar refractivity (Wildman–Crippen MR) is 81.5 cm³/mol. The molecule has 0 radical (unpaired) electrons. The highest BCUT2D eigenvalue weighted by Gasteiger charge is 2.14. The van der Waals surface area contributed by atoms with E-state index in [1.807, 2.05) is 6.92 Å². The van der Waals surface area contributed by atoms with Crippen molar-refractivity contribution in [1.82, 2.24) is 9.97 Å². The third-order valence-electron chi connectivity index (χ3n) is 3.40. The van der Waals surface area contributed by atoms with Gasteiger partial charge in [0.25, 0.3) is 0 Å². The molecule has 21 heavy (non-hydrogen) atoms. The molecular formula is C15H25N3O3. The summed E-state index contributed by atoms with van der Waals surface area (Å²) in [6.07, 6.45) is 5.08. The quantitative estimate of drug-likeness (QED) is 0.690. The average Bonchev–Trinajstić information content (AvgIpc) is 2.42. The van der Waals surface area contributed by atoms with Crippen molar-refractivity contribution in [2.24, 2.45) is 11.8 Å². The van der Waals surface area contributed by atoms with Crippen molar-refractivity contribution in [2.45, 2.75) is 40.0 Å². The fourth-order valence-electron chi connectivity index (χ4n) is 2.16. The van der Waals surface area contributed by atoms with Gasteiger partial charge in [-0.3, -0.25) is 9.78 Å². The van der Waals surface area contributed by atoms with Gasteiger partial charge in [0.15, 0.2) is 0 Å². The highest BCUT2D eigenvalue weighted by molar-refractivity contribution is 5.66. The number of aliphatic carboxylic acids is 1. The lowest BCUT2D eigenvalue weighted by Crippen LogP contribution is -2.16. The Hall–Kier alpha value is -1.85. The van der Waals surface area contributed by atoms with Gasteiger partial charge in [-0.1, -0.05) is 13.8 Å². The molecule has 0 fully saturated rings. The summed E-state index contributed by atoms with van der Waals surface area (Å²) >= 11 is 0. The van der Waals surface area contributed by atoms with E-state index in [1.165, 1.54) is 0 Å². The lowest BCUT2D eigenvalue weighted by Gasteiger charge is -2.20. The lowest BCUT2D eigenvalue weighted by atomic mass is 9.88. The fourth-order valence-corrected chi connectivity index (χ4v) is 2.16. The molecule has 0 spiro atoms. The molecule has 1 aromatic rings. The number of nitrogens with one attached hydrogen (secondary N) is 1. The number of anilines is 1. The number of ether oxygens (including phenoxy) is 1. The van der Waals surface area contributed by atoms with Crippen molar-refractivity contribution >= 4 is 11.8 Å². The number of aromatic nitrogens is 2. The Bertz CT molecular complexity index is 438. The molecule has 0 bridgehead atoms. The number of hydrogen-bond donors (Lipinski definition) is 2. The first-order valence-corrected chi connectivity index (χ1v) is 7.43. The van der Waals surface area contributed by atoms with Crippen molar-refractivity contribution in [3.05, 3.63) is 12.4 Å². The van der Waals surface area contributed by atoms with E-state index < -0.39 is 5.97 Å². The molecule has 0 saturated carbocycles. The fraction of sp³-hybridized carbons (Fsp3) is 0.667. The van der Waals surface area contributed by atoms with Crippen molar-refractivity contribution in [3.8, 4) is 5.88 Å². The molecule has 1 heterocycles. The van der Waals surface area contributed by atoms with Crippen molar-refractivity contribution in [2.75, 3.05) is 18.5 Å².